The van der Waals surface area contributed by atoms with E-state index in [0.29, 0.717) is 55.7 Å². The molecule has 182 valence electrons. The Labute approximate surface area is 205 Å². The highest BCUT2D eigenvalue weighted by molar-refractivity contribution is 6.42. The largest absolute Gasteiger partial charge is 0.394 e. The number of fused-ring (bicyclic) bond motifs is 2. The van der Waals surface area contributed by atoms with Crippen LogP contribution in [0.15, 0.2) is 24.4 Å². The van der Waals surface area contributed by atoms with Crippen molar-refractivity contribution in [3.05, 3.63) is 45.7 Å². The van der Waals surface area contributed by atoms with Gasteiger partial charge in [-0.3, -0.25) is 14.4 Å². The molecular formula is C23H33Cl2N5O3. The minimum absolute atomic E-state index is 0.0332. The van der Waals surface area contributed by atoms with Crippen LogP contribution in [0.4, 0.5) is 0 Å². The molecule has 3 atom stereocenters. The van der Waals surface area contributed by atoms with E-state index >= 15 is 0 Å². The van der Waals surface area contributed by atoms with Crippen LogP contribution >= 0.6 is 23.2 Å². The van der Waals surface area contributed by atoms with E-state index in [-0.39, 0.29) is 30.6 Å². The molecule has 0 saturated carbocycles. The normalized spacial score (nSPS) is 21.4. The molecule has 2 bridgehead atoms. The number of nitrogens with zero attached hydrogens (tertiary/aromatic N) is 5. The van der Waals surface area contributed by atoms with Gasteiger partial charge in [0.05, 0.1) is 41.6 Å². The zero-order valence-corrected chi connectivity index (χ0v) is 21.0. The molecule has 0 spiro atoms. The van der Waals surface area contributed by atoms with Crippen molar-refractivity contribution in [1.29, 1.82) is 0 Å². The van der Waals surface area contributed by atoms with Gasteiger partial charge >= 0.3 is 0 Å². The van der Waals surface area contributed by atoms with E-state index < -0.39 is 0 Å². The van der Waals surface area contributed by atoms with E-state index in [1.54, 1.807) is 15.6 Å². The number of amides is 1. The Morgan fingerprint density at radius 1 is 1.33 bits per heavy atom. The van der Waals surface area contributed by atoms with Crippen LogP contribution in [0.2, 0.25) is 10.0 Å². The fourth-order valence-electron chi connectivity index (χ4n) is 4.01. The maximum atomic E-state index is 12.9. The number of benzene rings is 1. The molecule has 0 fully saturated rings. The first kappa shape index (κ1) is 25.9. The summed E-state index contributed by atoms with van der Waals surface area (Å²) in [6.45, 7) is 6.67. The molecule has 0 unspecified atom stereocenters. The number of carbonyl (C=O) groups excluding carboxylic acids is 1. The van der Waals surface area contributed by atoms with Crippen LogP contribution in [0.3, 0.4) is 0 Å². The minimum Gasteiger partial charge on any atom is -0.394 e. The van der Waals surface area contributed by atoms with E-state index in [4.69, 9.17) is 27.9 Å². The summed E-state index contributed by atoms with van der Waals surface area (Å²) in [5.74, 6) is 0.0703. The van der Waals surface area contributed by atoms with Gasteiger partial charge < -0.3 is 14.7 Å². The molecule has 1 amide bonds. The fourth-order valence-corrected chi connectivity index (χ4v) is 4.34. The van der Waals surface area contributed by atoms with Gasteiger partial charge in [-0.25, -0.2) is 0 Å². The first-order valence-electron chi connectivity index (χ1n) is 11.3. The number of halogens is 2. The van der Waals surface area contributed by atoms with E-state index in [0.717, 1.165) is 11.3 Å². The van der Waals surface area contributed by atoms with Crippen molar-refractivity contribution in [2.75, 3.05) is 26.7 Å². The molecule has 1 aliphatic heterocycles. The SMILES string of the molecule is C[C@@H]1CN([C@@H](C)CO)C(=O)CCCn2cc(nn2)CO[C@H]1CN(C)Cc1ccc(Cl)c(Cl)c1. The van der Waals surface area contributed by atoms with Gasteiger partial charge in [-0.15, -0.1) is 5.10 Å². The maximum Gasteiger partial charge on any atom is 0.222 e. The number of aryl methyl sites for hydroxylation is 1. The predicted molar refractivity (Wildman–Crippen MR) is 128 cm³/mol. The molecule has 10 heteroatoms. The van der Waals surface area contributed by atoms with Crippen LogP contribution in [-0.2, 0) is 29.2 Å². The molecule has 1 aromatic carbocycles. The van der Waals surface area contributed by atoms with Gasteiger partial charge in [-0.1, -0.05) is 41.4 Å². The lowest BCUT2D eigenvalue weighted by atomic mass is 10.0. The number of rotatable bonds is 6. The van der Waals surface area contributed by atoms with Crippen LogP contribution in [0.25, 0.3) is 0 Å². The highest BCUT2D eigenvalue weighted by atomic mass is 35.5. The number of ether oxygens (including phenoxy) is 1. The molecule has 2 heterocycles. The van der Waals surface area contributed by atoms with Crippen molar-refractivity contribution < 1.29 is 14.6 Å². The summed E-state index contributed by atoms with van der Waals surface area (Å²) in [4.78, 5) is 16.9. The number of carbonyl (C=O) groups is 1. The average Bonchev–Trinajstić information content (AvgIpc) is 3.24. The second-order valence-electron chi connectivity index (χ2n) is 8.93. The number of aromatic nitrogens is 3. The number of hydrogen-bond acceptors (Lipinski definition) is 6. The monoisotopic (exact) mass is 497 g/mol. The fraction of sp³-hybridized carbons (Fsp3) is 0.609. The molecule has 0 radical (unpaired) electrons. The highest BCUT2D eigenvalue weighted by Gasteiger charge is 2.28. The van der Waals surface area contributed by atoms with Gasteiger partial charge in [0.15, 0.2) is 0 Å². The third kappa shape index (κ3) is 7.39. The van der Waals surface area contributed by atoms with E-state index in [9.17, 15) is 9.90 Å². The van der Waals surface area contributed by atoms with Crippen LogP contribution < -0.4 is 0 Å². The van der Waals surface area contributed by atoms with Gasteiger partial charge in [-0.05, 0) is 38.1 Å². The minimum atomic E-state index is -0.253. The van der Waals surface area contributed by atoms with Gasteiger partial charge in [0, 0.05) is 38.5 Å². The van der Waals surface area contributed by atoms with Crippen LogP contribution in [-0.4, -0.2) is 74.7 Å². The quantitative estimate of drug-likeness (QED) is 0.659. The van der Waals surface area contributed by atoms with Gasteiger partial charge in [-0.2, -0.15) is 0 Å². The summed E-state index contributed by atoms with van der Waals surface area (Å²) >= 11 is 12.2. The summed E-state index contributed by atoms with van der Waals surface area (Å²) in [5, 5.41) is 19.1. The number of likely N-dealkylation sites (N-methyl/N-ethyl adjacent to an activating group) is 1. The first-order chi connectivity index (χ1) is 15.8. The number of aliphatic hydroxyl groups is 1. The van der Waals surface area contributed by atoms with E-state index in [2.05, 4.69) is 22.1 Å². The van der Waals surface area contributed by atoms with E-state index in [1.807, 2.05) is 32.3 Å². The Morgan fingerprint density at radius 3 is 2.85 bits per heavy atom. The zero-order valence-electron chi connectivity index (χ0n) is 19.5. The standard InChI is InChI=1S/C23H33Cl2N5O3/c1-16-10-30(17(2)14-31)23(32)5-4-8-29-12-19(26-27-29)15-33-22(16)13-28(3)11-18-6-7-20(24)21(25)9-18/h6-7,9,12,16-17,22,31H,4-5,8,10-11,13-15H2,1-3H3/t16-,17+,22+/m1/s1. The Kier molecular flexibility index (Phi) is 9.52. The third-order valence-electron chi connectivity index (χ3n) is 5.97. The summed E-state index contributed by atoms with van der Waals surface area (Å²) in [5.41, 5.74) is 1.82. The zero-order chi connectivity index (χ0) is 24.0. The lowest BCUT2D eigenvalue weighted by Crippen LogP contribution is -2.47. The average molecular weight is 498 g/mol. The van der Waals surface area contributed by atoms with Crippen molar-refractivity contribution in [2.24, 2.45) is 5.92 Å². The second kappa shape index (κ2) is 12.1. The van der Waals surface area contributed by atoms with Crippen LogP contribution in [0, 0.1) is 5.92 Å². The van der Waals surface area contributed by atoms with Crippen molar-refractivity contribution in [3.8, 4) is 0 Å². The highest BCUT2D eigenvalue weighted by Crippen LogP contribution is 2.24. The van der Waals surface area contributed by atoms with Gasteiger partial charge in [0.2, 0.25) is 5.91 Å². The molecule has 1 aliphatic rings. The molecule has 1 N–H and O–H groups in total. The van der Waals surface area contributed by atoms with Crippen molar-refractivity contribution >= 4 is 29.1 Å². The lowest BCUT2D eigenvalue weighted by molar-refractivity contribution is -0.136. The molecule has 33 heavy (non-hydrogen) atoms. The molecule has 3 rings (SSSR count). The second-order valence-corrected chi connectivity index (χ2v) is 9.74. The van der Waals surface area contributed by atoms with Gasteiger partial charge in [0.1, 0.15) is 5.69 Å². The maximum absolute atomic E-state index is 12.9. The van der Waals surface area contributed by atoms with Crippen molar-refractivity contribution in [1.82, 2.24) is 24.8 Å². The summed E-state index contributed by atoms with van der Waals surface area (Å²) in [7, 11) is 2.02. The molecule has 2 aromatic rings. The third-order valence-corrected chi connectivity index (χ3v) is 6.71. The van der Waals surface area contributed by atoms with Crippen molar-refractivity contribution in [2.45, 2.75) is 58.5 Å². The first-order valence-corrected chi connectivity index (χ1v) is 12.1. The Bertz CT molecular complexity index is 925. The number of aliphatic hydroxyl groups excluding tert-OH is 1. The topological polar surface area (TPSA) is 83.7 Å². The number of hydrogen-bond donors (Lipinski definition) is 1. The van der Waals surface area contributed by atoms with Crippen LogP contribution in [0.1, 0.15) is 37.9 Å². The predicted octanol–water partition coefficient (Wildman–Crippen LogP) is 3.24. The summed E-state index contributed by atoms with van der Waals surface area (Å²) in [6.07, 6.45) is 2.78. The van der Waals surface area contributed by atoms with Gasteiger partial charge in [0.25, 0.3) is 0 Å². The molecule has 1 aromatic heterocycles. The summed E-state index contributed by atoms with van der Waals surface area (Å²) < 4.78 is 8.06. The molecule has 0 saturated heterocycles. The lowest BCUT2D eigenvalue weighted by Gasteiger charge is -2.35. The molecular weight excluding hydrogens is 465 g/mol. The smallest absolute Gasteiger partial charge is 0.222 e. The van der Waals surface area contributed by atoms with E-state index in [1.165, 1.54) is 0 Å². The van der Waals surface area contributed by atoms with Crippen LogP contribution in [0.5, 0.6) is 0 Å². The Hall–Kier alpha value is -1.71. The van der Waals surface area contributed by atoms with Crippen molar-refractivity contribution in [3.63, 3.8) is 0 Å². The molecule has 8 nitrogen and oxygen atoms in total. The Balaban J connectivity index is 1.76. The summed E-state index contributed by atoms with van der Waals surface area (Å²) in [6, 6.07) is 5.38. The molecule has 0 aliphatic carbocycles. The Morgan fingerprint density at radius 2 is 2.12 bits per heavy atom.